The first-order valence-electron chi connectivity index (χ1n) is 9.28. The number of hydrogen-bond donors (Lipinski definition) is 0. The van der Waals surface area contributed by atoms with Crippen LogP contribution >= 0.6 is 22.9 Å². The van der Waals surface area contributed by atoms with Gasteiger partial charge in [-0.1, -0.05) is 24.3 Å². The molecule has 0 N–H and O–H groups in total. The number of alkyl halides is 1. The minimum atomic E-state index is -0.630. The van der Waals surface area contributed by atoms with Gasteiger partial charge in [-0.25, -0.2) is 0 Å². The predicted octanol–water partition coefficient (Wildman–Crippen LogP) is 4.01. The Bertz CT molecular complexity index is 833. The van der Waals surface area contributed by atoms with E-state index in [1.165, 1.54) is 15.3 Å². The maximum atomic E-state index is 13.2. The van der Waals surface area contributed by atoms with Crippen molar-refractivity contribution in [3.8, 4) is 0 Å². The van der Waals surface area contributed by atoms with Crippen LogP contribution in [0.1, 0.15) is 41.5 Å². The van der Waals surface area contributed by atoms with Crippen molar-refractivity contribution in [2.24, 2.45) is 0 Å². The van der Waals surface area contributed by atoms with Crippen molar-refractivity contribution in [2.45, 2.75) is 38.6 Å². The molecule has 2 heterocycles. The molecule has 3 rings (SSSR count). The van der Waals surface area contributed by atoms with E-state index < -0.39 is 5.38 Å². The van der Waals surface area contributed by atoms with E-state index in [1.807, 2.05) is 24.0 Å². The number of thiophene rings is 1. The van der Waals surface area contributed by atoms with E-state index in [2.05, 4.69) is 30.5 Å². The zero-order valence-electron chi connectivity index (χ0n) is 15.9. The number of carbonyl (C=O) groups is 2. The first kappa shape index (κ1) is 19.9. The number of hydrogen-bond acceptors (Lipinski definition) is 3. The fourth-order valence-corrected chi connectivity index (χ4v) is 4.71. The maximum absolute atomic E-state index is 13.2. The van der Waals surface area contributed by atoms with Crippen LogP contribution < -0.4 is 0 Å². The molecule has 0 bridgehead atoms. The first-order chi connectivity index (χ1) is 12.9. The van der Waals surface area contributed by atoms with Gasteiger partial charge in [0, 0.05) is 18.0 Å². The van der Waals surface area contributed by atoms with E-state index in [4.69, 9.17) is 11.6 Å². The Balaban J connectivity index is 1.92. The van der Waals surface area contributed by atoms with Gasteiger partial charge in [-0.2, -0.15) is 0 Å². The molecular weight excluding hydrogens is 380 g/mol. The van der Waals surface area contributed by atoms with Crippen molar-refractivity contribution < 1.29 is 9.59 Å². The zero-order valence-corrected chi connectivity index (χ0v) is 17.5. The molecule has 4 nitrogen and oxygen atoms in total. The Labute approximate surface area is 169 Å². The number of halogens is 1. The molecule has 0 unspecified atom stereocenters. The Morgan fingerprint density at radius 2 is 2.04 bits per heavy atom. The van der Waals surface area contributed by atoms with Gasteiger partial charge < -0.3 is 9.80 Å². The van der Waals surface area contributed by atoms with Gasteiger partial charge in [0.25, 0.3) is 0 Å². The normalized spacial score (nSPS) is 17.3. The molecule has 1 aliphatic rings. The highest BCUT2D eigenvalue weighted by Crippen LogP contribution is 2.38. The lowest BCUT2D eigenvalue weighted by atomic mass is 9.90. The molecule has 0 radical (unpaired) electrons. The van der Waals surface area contributed by atoms with Crippen LogP contribution in [0.3, 0.4) is 0 Å². The summed E-state index contributed by atoms with van der Waals surface area (Å²) in [6.07, 6.45) is 0.854. The van der Waals surface area contributed by atoms with Crippen LogP contribution in [0.25, 0.3) is 0 Å². The molecule has 27 heavy (non-hydrogen) atoms. The van der Waals surface area contributed by atoms with Gasteiger partial charge in [0.05, 0.1) is 12.6 Å². The minimum Gasteiger partial charge on any atom is -0.332 e. The molecule has 2 amide bonds. The summed E-state index contributed by atoms with van der Waals surface area (Å²) in [5.41, 5.74) is 3.51. The average Bonchev–Trinajstić information content (AvgIpc) is 3.14. The summed E-state index contributed by atoms with van der Waals surface area (Å²) in [6, 6.07) is 10.2. The second kappa shape index (κ2) is 8.44. The molecule has 0 fully saturated rings. The molecule has 1 aromatic carbocycles. The quantitative estimate of drug-likeness (QED) is 0.706. The summed E-state index contributed by atoms with van der Waals surface area (Å²) < 4.78 is 0. The van der Waals surface area contributed by atoms with Crippen LogP contribution in [0.2, 0.25) is 0 Å². The van der Waals surface area contributed by atoms with Crippen molar-refractivity contribution in [1.29, 1.82) is 0 Å². The lowest BCUT2D eigenvalue weighted by molar-refractivity contribution is -0.141. The second-order valence-electron chi connectivity index (χ2n) is 6.86. The molecule has 144 valence electrons. The second-order valence-corrected chi connectivity index (χ2v) is 8.52. The van der Waals surface area contributed by atoms with Crippen LogP contribution in [-0.2, 0) is 16.0 Å². The molecule has 1 aromatic heterocycles. The molecule has 2 aromatic rings. The number of amides is 2. The van der Waals surface area contributed by atoms with E-state index in [9.17, 15) is 9.59 Å². The van der Waals surface area contributed by atoms with Gasteiger partial charge in [0.2, 0.25) is 11.8 Å². The van der Waals surface area contributed by atoms with Gasteiger partial charge in [0.1, 0.15) is 5.38 Å². The molecule has 0 spiro atoms. The van der Waals surface area contributed by atoms with Crippen LogP contribution in [0.4, 0.5) is 0 Å². The van der Waals surface area contributed by atoms with Crippen LogP contribution in [0, 0.1) is 6.92 Å². The lowest BCUT2D eigenvalue weighted by Crippen LogP contribution is -2.48. The summed E-state index contributed by atoms with van der Waals surface area (Å²) in [5.74, 6) is -0.235. The number of carbonyl (C=O) groups excluding carboxylic acids is 2. The fraction of sp³-hybridized carbons (Fsp3) is 0.429. The van der Waals surface area contributed by atoms with Gasteiger partial charge in [-0.05, 0) is 55.3 Å². The molecule has 2 atom stereocenters. The minimum absolute atomic E-state index is 0.0346. The summed E-state index contributed by atoms with van der Waals surface area (Å²) in [7, 11) is 0. The number of rotatable bonds is 5. The SMILES string of the molecule is CCN(CC(=O)N1CCc2sccc2[C@H]1c1ccccc1C)C(=O)[C@H](C)Cl. The van der Waals surface area contributed by atoms with E-state index >= 15 is 0 Å². The summed E-state index contributed by atoms with van der Waals surface area (Å²) in [5, 5.41) is 1.47. The van der Waals surface area contributed by atoms with Crippen molar-refractivity contribution in [1.82, 2.24) is 9.80 Å². The van der Waals surface area contributed by atoms with Crippen LogP contribution in [-0.4, -0.2) is 46.6 Å². The Morgan fingerprint density at radius 1 is 1.30 bits per heavy atom. The summed E-state index contributed by atoms with van der Waals surface area (Å²) in [4.78, 5) is 30.3. The van der Waals surface area contributed by atoms with Crippen molar-refractivity contribution >= 4 is 34.8 Å². The Hall–Kier alpha value is -1.85. The van der Waals surface area contributed by atoms with E-state index in [0.717, 1.165) is 17.5 Å². The zero-order chi connectivity index (χ0) is 19.6. The first-order valence-corrected chi connectivity index (χ1v) is 10.6. The van der Waals surface area contributed by atoms with Crippen molar-refractivity contribution in [3.63, 3.8) is 0 Å². The monoisotopic (exact) mass is 404 g/mol. The van der Waals surface area contributed by atoms with Gasteiger partial charge in [-0.3, -0.25) is 9.59 Å². The van der Waals surface area contributed by atoms with E-state index in [-0.39, 0.29) is 24.4 Å². The predicted molar refractivity (Wildman–Crippen MR) is 110 cm³/mol. The third-order valence-corrected chi connectivity index (χ3v) is 6.31. The Kier molecular flexibility index (Phi) is 6.22. The smallest absolute Gasteiger partial charge is 0.242 e. The maximum Gasteiger partial charge on any atom is 0.242 e. The number of aryl methyl sites for hydroxylation is 1. The molecule has 1 aliphatic heterocycles. The largest absolute Gasteiger partial charge is 0.332 e. The summed E-state index contributed by atoms with van der Waals surface area (Å²) >= 11 is 7.70. The summed E-state index contributed by atoms with van der Waals surface area (Å²) in [6.45, 7) is 6.79. The third kappa shape index (κ3) is 4.04. The molecule has 0 saturated carbocycles. The standard InChI is InChI=1S/C21H25ClN2O2S/c1-4-23(21(26)15(3)22)13-19(25)24-11-9-18-17(10-12-27-18)20(24)16-8-6-5-7-14(16)2/h5-8,10,12,15,20H,4,9,11,13H2,1-3H3/t15-,20+/m0/s1. The lowest BCUT2D eigenvalue weighted by Gasteiger charge is -2.38. The van der Waals surface area contributed by atoms with Crippen LogP contribution in [0.15, 0.2) is 35.7 Å². The van der Waals surface area contributed by atoms with Gasteiger partial charge in [-0.15, -0.1) is 22.9 Å². The number of nitrogens with zero attached hydrogens (tertiary/aromatic N) is 2. The van der Waals surface area contributed by atoms with E-state index in [0.29, 0.717) is 13.1 Å². The highest BCUT2D eigenvalue weighted by molar-refractivity contribution is 7.10. The third-order valence-electron chi connectivity index (χ3n) is 5.13. The van der Waals surface area contributed by atoms with Crippen molar-refractivity contribution in [2.75, 3.05) is 19.6 Å². The molecule has 0 aliphatic carbocycles. The van der Waals surface area contributed by atoms with Crippen LogP contribution in [0.5, 0.6) is 0 Å². The van der Waals surface area contributed by atoms with Gasteiger partial charge in [0.15, 0.2) is 0 Å². The number of fused-ring (bicyclic) bond motifs is 1. The van der Waals surface area contributed by atoms with E-state index in [1.54, 1.807) is 18.3 Å². The fourth-order valence-electron chi connectivity index (χ4n) is 3.67. The Morgan fingerprint density at radius 3 is 2.70 bits per heavy atom. The number of benzene rings is 1. The number of likely N-dealkylation sites (N-methyl/N-ethyl adjacent to an activating group) is 1. The molecular formula is C21H25ClN2O2S. The molecule has 0 saturated heterocycles. The average molecular weight is 405 g/mol. The highest BCUT2D eigenvalue weighted by atomic mass is 35.5. The topological polar surface area (TPSA) is 40.6 Å². The van der Waals surface area contributed by atoms with Gasteiger partial charge >= 0.3 is 0 Å². The highest BCUT2D eigenvalue weighted by Gasteiger charge is 2.34. The molecule has 6 heteroatoms. The van der Waals surface area contributed by atoms with Crippen molar-refractivity contribution in [3.05, 3.63) is 57.3 Å².